The second-order valence-corrected chi connectivity index (χ2v) is 2.13. The number of rotatable bonds is 4. The quantitative estimate of drug-likeness (QED) is 0.273. The standard InChI is InChI=1S/C7H10N2O3/c1-9(2)8-6(7(11)12)4-3-5-10/h3-5H,1-2H3,(H,11,12)/b4-3-,8-6+. The summed E-state index contributed by atoms with van der Waals surface area (Å²) in [6.45, 7) is 0. The number of carbonyl (C=O) groups excluding carboxylic acids is 1. The fraction of sp³-hybridized carbons (Fsp3) is 0.286. The zero-order valence-corrected chi connectivity index (χ0v) is 6.89. The molecule has 0 aliphatic carbocycles. The van der Waals surface area contributed by atoms with Crippen LogP contribution in [0.3, 0.4) is 0 Å². The third-order valence-corrected chi connectivity index (χ3v) is 0.860. The smallest absolute Gasteiger partial charge is 0.356 e. The number of allylic oxidation sites excluding steroid dienone is 1. The molecule has 0 saturated carbocycles. The first kappa shape index (κ1) is 10.3. The summed E-state index contributed by atoms with van der Waals surface area (Å²) >= 11 is 0. The minimum Gasteiger partial charge on any atom is -0.476 e. The fourth-order valence-corrected chi connectivity index (χ4v) is 0.493. The number of carboxylic acid groups (broad SMARTS) is 1. The van der Waals surface area contributed by atoms with E-state index in [0.717, 1.165) is 12.2 Å². The lowest BCUT2D eigenvalue weighted by Gasteiger charge is -2.03. The van der Waals surface area contributed by atoms with Gasteiger partial charge in [-0.2, -0.15) is 5.10 Å². The van der Waals surface area contributed by atoms with Crippen LogP contribution in [0.5, 0.6) is 0 Å². The van der Waals surface area contributed by atoms with Crippen molar-refractivity contribution in [2.75, 3.05) is 14.1 Å². The number of carboxylic acids is 1. The Morgan fingerprint density at radius 1 is 1.50 bits per heavy atom. The topological polar surface area (TPSA) is 70.0 Å². The molecule has 0 bridgehead atoms. The Kier molecular flexibility index (Phi) is 4.36. The van der Waals surface area contributed by atoms with Crippen molar-refractivity contribution < 1.29 is 14.7 Å². The van der Waals surface area contributed by atoms with Crippen molar-refractivity contribution in [1.82, 2.24) is 5.01 Å². The molecule has 0 rings (SSSR count). The van der Waals surface area contributed by atoms with E-state index in [1.807, 2.05) is 0 Å². The molecule has 0 aliphatic rings. The Hall–Kier alpha value is -1.65. The minimum atomic E-state index is -1.16. The number of carbonyl (C=O) groups is 2. The van der Waals surface area contributed by atoms with Gasteiger partial charge in [0.15, 0.2) is 5.71 Å². The average Bonchev–Trinajstić information content (AvgIpc) is 1.96. The number of hydrogen-bond donors (Lipinski definition) is 1. The van der Waals surface area contributed by atoms with Crippen LogP contribution in [0.15, 0.2) is 17.3 Å². The monoisotopic (exact) mass is 170 g/mol. The summed E-state index contributed by atoms with van der Waals surface area (Å²) in [4.78, 5) is 20.3. The zero-order chi connectivity index (χ0) is 9.56. The lowest BCUT2D eigenvalue weighted by molar-refractivity contribution is -0.129. The molecule has 0 aromatic heterocycles. The molecule has 5 nitrogen and oxygen atoms in total. The summed E-state index contributed by atoms with van der Waals surface area (Å²) in [5.74, 6) is -1.16. The highest BCUT2D eigenvalue weighted by Crippen LogP contribution is 1.85. The van der Waals surface area contributed by atoms with Gasteiger partial charge in [0.05, 0.1) is 0 Å². The van der Waals surface area contributed by atoms with E-state index < -0.39 is 5.97 Å². The lowest BCUT2D eigenvalue weighted by atomic mass is 10.3. The molecule has 0 amide bonds. The highest BCUT2D eigenvalue weighted by Gasteiger charge is 2.04. The third-order valence-electron chi connectivity index (χ3n) is 0.860. The number of hydrogen-bond acceptors (Lipinski definition) is 4. The minimum absolute atomic E-state index is 0.174. The Morgan fingerprint density at radius 2 is 2.08 bits per heavy atom. The first-order chi connectivity index (χ1) is 5.57. The Balaban J connectivity index is 4.54. The molecular weight excluding hydrogens is 160 g/mol. The summed E-state index contributed by atoms with van der Waals surface area (Å²) in [6, 6.07) is 0. The third kappa shape index (κ3) is 4.21. The van der Waals surface area contributed by atoms with Crippen LogP contribution in [0.2, 0.25) is 0 Å². The predicted octanol–water partition coefficient (Wildman–Crippen LogP) is -0.256. The van der Waals surface area contributed by atoms with Gasteiger partial charge in [0.25, 0.3) is 0 Å². The van der Waals surface area contributed by atoms with E-state index in [1.54, 1.807) is 14.1 Å². The van der Waals surface area contributed by atoms with E-state index >= 15 is 0 Å². The van der Waals surface area contributed by atoms with Crippen LogP contribution in [0, 0.1) is 0 Å². The second kappa shape index (κ2) is 5.06. The highest BCUT2D eigenvalue weighted by atomic mass is 16.4. The van der Waals surface area contributed by atoms with Gasteiger partial charge in [-0.15, -0.1) is 0 Å². The van der Waals surface area contributed by atoms with E-state index in [4.69, 9.17) is 5.11 Å². The number of aliphatic carboxylic acids is 1. The van der Waals surface area contributed by atoms with E-state index in [0.29, 0.717) is 6.29 Å². The van der Waals surface area contributed by atoms with Crippen molar-refractivity contribution in [3.8, 4) is 0 Å². The van der Waals surface area contributed by atoms with Gasteiger partial charge in [-0.05, 0) is 12.2 Å². The normalized spacial score (nSPS) is 11.7. The van der Waals surface area contributed by atoms with Crippen molar-refractivity contribution in [3.05, 3.63) is 12.2 Å². The van der Waals surface area contributed by atoms with Crippen molar-refractivity contribution >= 4 is 18.0 Å². The van der Waals surface area contributed by atoms with Gasteiger partial charge in [-0.25, -0.2) is 4.79 Å². The largest absolute Gasteiger partial charge is 0.476 e. The first-order valence-corrected chi connectivity index (χ1v) is 3.19. The SMILES string of the molecule is CN(C)/N=C(\C=C/C=O)C(=O)O. The molecule has 5 heteroatoms. The van der Waals surface area contributed by atoms with Crippen LogP contribution in [0.1, 0.15) is 0 Å². The lowest BCUT2D eigenvalue weighted by Crippen LogP contribution is -2.15. The molecule has 0 aromatic carbocycles. The second-order valence-electron chi connectivity index (χ2n) is 2.13. The summed E-state index contributed by atoms with van der Waals surface area (Å²) < 4.78 is 0. The fourth-order valence-electron chi connectivity index (χ4n) is 0.493. The molecule has 0 atom stereocenters. The molecular formula is C7H10N2O3. The van der Waals surface area contributed by atoms with Gasteiger partial charge in [0.1, 0.15) is 6.29 Å². The molecule has 0 heterocycles. The first-order valence-electron chi connectivity index (χ1n) is 3.19. The molecule has 0 spiro atoms. The number of hydrazone groups is 1. The summed E-state index contributed by atoms with van der Waals surface area (Å²) in [6.07, 6.45) is 2.71. The van der Waals surface area contributed by atoms with Crippen LogP contribution < -0.4 is 0 Å². The van der Waals surface area contributed by atoms with Crippen LogP contribution in [-0.4, -0.2) is 42.2 Å². The van der Waals surface area contributed by atoms with Gasteiger partial charge in [-0.1, -0.05) is 0 Å². The van der Waals surface area contributed by atoms with Gasteiger partial charge in [-0.3, -0.25) is 4.79 Å². The van der Waals surface area contributed by atoms with Gasteiger partial charge in [0, 0.05) is 14.1 Å². The Labute approximate surface area is 70.0 Å². The predicted molar refractivity (Wildman–Crippen MR) is 44.0 cm³/mol. The van der Waals surface area contributed by atoms with Gasteiger partial charge >= 0.3 is 5.97 Å². The van der Waals surface area contributed by atoms with Crippen molar-refractivity contribution in [2.24, 2.45) is 5.10 Å². The highest BCUT2D eigenvalue weighted by molar-refractivity contribution is 6.40. The molecule has 12 heavy (non-hydrogen) atoms. The van der Waals surface area contributed by atoms with Crippen molar-refractivity contribution in [1.29, 1.82) is 0 Å². The summed E-state index contributed by atoms with van der Waals surface area (Å²) in [5.41, 5.74) is -0.174. The molecule has 0 fully saturated rings. The average molecular weight is 170 g/mol. The van der Waals surface area contributed by atoms with E-state index in [1.165, 1.54) is 5.01 Å². The Bertz CT molecular complexity index is 231. The van der Waals surface area contributed by atoms with Crippen LogP contribution in [-0.2, 0) is 9.59 Å². The zero-order valence-electron chi connectivity index (χ0n) is 6.89. The molecule has 0 saturated heterocycles. The molecule has 0 aliphatic heterocycles. The number of aldehydes is 1. The van der Waals surface area contributed by atoms with E-state index in [-0.39, 0.29) is 5.71 Å². The van der Waals surface area contributed by atoms with E-state index in [9.17, 15) is 9.59 Å². The maximum atomic E-state index is 10.4. The molecule has 0 radical (unpaired) electrons. The van der Waals surface area contributed by atoms with E-state index in [2.05, 4.69) is 5.10 Å². The molecule has 66 valence electrons. The van der Waals surface area contributed by atoms with Crippen molar-refractivity contribution in [2.45, 2.75) is 0 Å². The van der Waals surface area contributed by atoms with Crippen molar-refractivity contribution in [3.63, 3.8) is 0 Å². The van der Waals surface area contributed by atoms with Gasteiger partial charge < -0.3 is 10.1 Å². The molecule has 0 unspecified atom stereocenters. The van der Waals surface area contributed by atoms with Crippen LogP contribution >= 0.6 is 0 Å². The summed E-state index contributed by atoms with van der Waals surface area (Å²) in [7, 11) is 3.19. The van der Waals surface area contributed by atoms with Crippen LogP contribution in [0.4, 0.5) is 0 Å². The summed E-state index contributed by atoms with van der Waals surface area (Å²) in [5, 5.41) is 13.5. The molecule has 1 N–H and O–H groups in total. The van der Waals surface area contributed by atoms with Crippen LogP contribution in [0.25, 0.3) is 0 Å². The number of nitrogens with zero attached hydrogens (tertiary/aromatic N) is 2. The Morgan fingerprint density at radius 3 is 2.42 bits per heavy atom. The maximum absolute atomic E-state index is 10.4. The molecule has 0 aromatic rings. The van der Waals surface area contributed by atoms with Gasteiger partial charge in [0.2, 0.25) is 0 Å². The maximum Gasteiger partial charge on any atom is 0.356 e.